The van der Waals surface area contributed by atoms with Crippen LogP contribution < -0.4 is 10.1 Å². The van der Waals surface area contributed by atoms with Crippen LogP contribution in [-0.4, -0.2) is 33.4 Å². The van der Waals surface area contributed by atoms with E-state index in [0.717, 1.165) is 48.0 Å². The van der Waals surface area contributed by atoms with Crippen molar-refractivity contribution >= 4 is 22.6 Å². The number of nitrogens with one attached hydrogen (secondary N) is 2. The fraction of sp³-hybridized carbons (Fsp3) is 0.440. The molecule has 4 bridgehead atoms. The summed E-state index contributed by atoms with van der Waals surface area (Å²) in [6.07, 6.45) is 7.35. The molecule has 170 valence electrons. The minimum atomic E-state index is -0.459. The lowest BCUT2D eigenvalue weighted by molar-refractivity contribution is -0.384. The molecule has 0 saturated heterocycles. The van der Waals surface area contributed by atoms with Crippen molar-refractivity contribution in [1.29, 1.82) is 0 Å². The molecule has 1 aromatic heterocycles. The average Bonchev–Trinajstić information content (AvgIpc) is 3.20. The Kier molecular flexibility index (Phi) is 4.47. The van der Waals surface area contributed by atoms with Crippen molar-refractivity contribution in [2.24, 2.45) is 17.8 Å². The topological polar surface area (TPSA) is 110 Å². The lowest BCUT2D eigenvalue weighted by Gasteiger charge is -2.56. The Morgan fingerprint density at radius 2 is 1.82 bits per heavy atom. The van der Waals surface area contributed by atoms with E-state index in [9.17, 15) is 14.9 Å². The molecule has 2 aromatic carbocycles. The number of H-pyrrole nitrogens is 1. The van der Waals surface area contributed by atoms with E-state index in [1.54, 1.807) is 6.07 Å². The van der Waals surface area contributed by atoms with E-state index in [0.29, 0.717) is 22.7 Å². The normalized spacial score (nSPS) is 27.6. The van der Waals surface area contributed by atoms with E-state index in [1.165, 1.54) is 38.5 Å². The van der Waals surface area contributed by atoms with Crippen molar-refractivity contribution in [1.82, 2.24) is 15.3 Å². The van der Waals surface area contributed by atoms with E-state index >= 15 is 0 Å². The van der Waals surface area contributed by atoms with Gasteiger partial charge in [-0.1, -0.05) is 0 Å². The number of ether oxygens (including phenoxy) is 1. The molecule has 2 N–H and O–H groups in total. The number of aromatic nitrogens is 2. The second-order valence-corrected chi connectivity index (χ2v) is 10.1. The van der Waals surface area contributed by atoms with Gasteiger partial charge < -0.3 is 15.0 Å². The highest BCUT2D eigenvalue weighted by Crippen LogP contribution is 2.55. The van der Waals surface area contributed by atoms with Crippen LogP contribution in [0, 0.1) is 27.9 Å². The highest BCUT2D eigenvalue weighted by Gasteiger charge is 2.51. The summed E-state index contributed by atoms with van der Waals surface area (Å²) in [6, 6.07) is 9.91. The monoisotopic (exact) mass is 446 g/mol. The number of carbonyl (C=O) groups is 1. The maximum atomic E-state index is 13.2. The molecular weight excluding hydrogens is 420 g/mol. The van der Waals surface area contributed by atoms with Gasteiger partial charge in [0, 0.05) is 17.2 Å². The molecule has 4 fully saturated rings. The van der Waals surface area contributed by atoms with Gasteiger partial charge in [0.25, 0.3) is 11.6 Å². The Labute approximate surface area is 190 Å². The first kappa shape index (κ1) is 20.2. The number of amides is 1. The van der Waals surface area contributed by atoms with E-state index in [1.807, 2.05) is 18.2 Å². The number of rotatable bonds is 5. The van der Waals surface area contributed by atoms with Gasteiger partial charge in [-0.3, -0.25) is 14.9 Å². The molecule has 33 heavy (non-hydrogen) atoms. The van der Waals surface area contributed by atoms with Crippen molar-refractivity contribution < 1.29 is 14.5 Å². The minimum Gasteiger partial charge on any atom is -0.496 e. The van der Waals surface area contributed by atoms with Crippen LogP contribution in [0.25, 0.3) is 22.4 Å². The first-order valence-corrected chi connectivity index (χ1v) is 11.6. The van der Waals surface area contributed by atoms with Gasteiger partial charge in [0.1, 0.15) is 11.6 Å². The summed E-state index contributed by atoms with van der Waals surface area (Å²) in [6.45, 7) is 0. The first-order chi connectivity index (χ1) is 15.9. The van der Waals surface area contributed by atoms with Crippen molar-refractivity contribution in [2.45, 2.75) is 44.1 Å². The van der Waals surface area contributed by atoms with Crippen LogP contribution in [0.3, 0.4) is 0 Å². The standard InChI is InChI=1S/C25H26N4O4/c1-33-22-10-18(29(31)32)3-4-19(22)23-26-20-5-2-17(9-21(20)27-23)24(30)28-25-11-14-6-15(12-25)8-16(7-14)13-25/h2-5,9-10,14-16H,6-8,11-13H2,1H3,(H,26,27)(H,28,30). The number of fused-ring (bicyclic) bond motifs is 1. The van der Waals surface area contributed by atoms with E-state index in [-0.39, 0.29) is 17.1 Å². The molecule has 1 heterocycles. The van der Waals surface area contributed by atoms with Crippen LogP contribution in [0.5, 0.6) is 5.75 Å². The number of hydrogen-bond donors (Lipinski definition) is 2. The lowest BCUT2D eigenvalue weighted by Crippen LogP contribution is -2.59. The van der Waals surface area contributed by atoms with Crippen LogP contribution in [0.15, 0.2) is 36.4 Å². The number of non-ortho nitro benzene ring substituents is 1. The molecular formula is C25H26N4O4. The molecule has 4 aliphatic carbocycles. The zero-order valence-electron chi connectivity index (χ0n) is 18.5. The fourth-order valence-corrected chi connectivity index (χ4v) is 6.84. The summed E-state index contributed by atoms with van der Waals surface area (Å²) in [5.41, 5.74) is 2.62. The highest BCUT2D eigenvalue weighted by atomic mass is 16.6. The minimum absolute atomic E-state index is 0.0251. The van der Waals surface area contributed by atoms with E-state index in [2.05, 4.69) is 15.3 Å². The Morgan fingerprint density at radius 3 is 2.45 bits per heavy atom. The zero-order chi connectivity index (χ0) is 22.7. The van der Waals surface area contributed by atoms with Gasteiger partial charge >= 0.3 is 0 Å². The maximum Gasteiger partial charge on any atom is 0.273 e. The van der Waals surface area contributed by atoms with Gasteiger partial charge in [0.15, 0.2) is 0 Å². The molecule has 0 spiro atoms. The molecule has 0 aliphatic heterocycles. The average molecular weight is 447 g/mol. The molecule has 4 aliphatic rings. The number of nitro groups is 1. The van der Waals surface area contributed by atoms with Crippen molar-refractivity contribution in [3.05, 3.63) is 52.1 Å². The summed E-state index contributed by atoms with van der Waals surface area (Å²) in [5, 5.41) is 14.5. The molecule has 4 saturated carbocycles. The predicted molar refractivity (Wildman–Crippen MR) is 123 cm³/mol. The Bertz CT molecular complexity index is 1250. The Hall–Kier alpha value is -3.42. The number of benzene rings is 2. The molecule has 0 radical (unpaired) electrons. The third kappa shape index (κ3) is 3.44. The molecule has 0 unspecified atom stereocenters. The third-order valence-electron chi connectivity index (χ3n) is 7.81. The quantitative estimate of drug-likeness (QED) is 0.430. The molecule has 8 heteroatoms. The Morgan fingerprint density at radius 1 is 1.12 bits per heavy atom. The number of imidazole rings is 1. The number of methoxy groups -OCH3 is 1. The summed E-state index contributed by atoms with van der Waals surface area (Å²) >= 11 is 0. The molecule has 1 amide bonds. The van der Waals surface area contributed by atoms with Gasteiger partial charge in [-0.2, -0.15) is 0 Å². The van der Waals surface area contributed by atoms with Gasteiger partial charge in [-0.05, 0) is 80.5 Å². The molecule has 7 rings (SSSR count). The number of nitrogens with zero attached hydrogens (tertiary/aromatic N) is 2. The number of hydrogen-bond acceptors (Lipinski definition) is 5. The van der Waals surface area contributed by atoms with Gasteiger partial charge in [-0.15, -0.1) is 0 Å². The largest absolute Gasteiger partial charge is 0.496 e. The van der Waals surface area contributed by atoms with E-state index in [4.69, 9.17) is 4.74 Å². The van der Waals surface area contributed by atoms with Gasteiger partial charge in [0.2, 0.25) is 0 Å². The van der Waals surface area contributed by atoms with Crippen LogP contribution in [-0.2, 0) is 0 Å². The molecule has 3 aromatic rings. The van der Waals surface area contributed by atoms with Crippen LogP contribution >= 0.6 is 0 Å². The second kappa shape index (κ2) is 7.30. The number of nitro benzene ring substituents is 1. The molecule has 0 atom stereocenters. The Balaban J connectivity index is 1.28. The third-order valence-corrected chi connectivity index (χ3v) is 7.81. The van der Waals surface area contributed by atoms with Crippen LogP contribution in [0.4, 0.5) is 5.69 Å². The maximum absolute atomic E-state index is 13.2. The van der Waals surface area contributed by atoms with Crippen LogP contribution in [0.2, 0.25) is 0 Å². The summed E-state index contributed by atoms with van der Waals surface area (Å²) < 4.78 is 5.35. The van der Waals surface area contributed by atoms with E-state index < -0.39 is 4.92 Å². The van der Waals surface area contributed by atoms with Gasteiger partial charge in [-0.25, -0.2) is 4.98 Å². The second-order valence-electron chi connectivity index (χ2n) is 10.1. The van der Waals surface area contributed by atoms with Crippen molar-refractivity contribution in [3.8, 4) is 17.1 Å². The first-order valence-electron chi connectivity index (χ1n) is 11.6. The lowest BCUT2D eigenvalue weighted by atomic mass is 9.53. The SMILES string of the molecule is COc1cc([N+](=O)[O-])ccc1-c1nc2ccc(C(=O)NC34CC5CC(CC(C5)C3)C4)cc2[nH]1. The smallest absolute Gasteiger partial charge is 0.273 e. The van der Waals surface area contributed by atoms with Crippen molar-refractivity contribution in [2.75, 3.05) is 7.11 Å². The predicted octanol–water partition coefficient (Wildman–Crippen LogP) is 4.85. The fourth-order valence-electron chi connectivity index (χ4n) is 6.84. The van der Waals surface area contributed by atoms with Crippen molar-refractivity contribution in [3.63, 3.8) is 0 Å². The zero-order valence-corrected chi connectivity index (χ0v) is 18.5. The van der Waals surface area contributed by atoms with Crippen LogP contribution in [0.1, 0.15) is 48.9 Å². The van der Waals surface area contributed by atoms with Gasteiger partial charge in [0.05, 0.1) is 34.7 Å². The highest BCUT2D eigenvalue weighted by molar-refractivity contribution is 5.98. The summed E-state index contributed by atoms with van der Waals surface area (Å²) in [4.78, 5) is 31.7. The number of aromatic amines is 1. The summed E-state index contributed by atoms with van der Waals surface area (Å²) in [7, 11) is 1.47. The number of carbonyl (C=O) groups excluding carboxylic acids is 1. The summed E-state index contributed by atoms with van der Waals surface area (Å²) in [5.74, 6) is 3.18. The molecule has 8 nitrogen and oxygen atoms in total.